The highest BCUT2D eigenvalue weighted by Crippen LogP contribution is 2.22. The van der Waals surface area contributed by atoms with Gasteiger partial charge in [0, 0.05) is 51.8 Å². The second-order valence-corrected chi connectivity index (χ2v) is 6.36. The number of nitrogens with zero attached hydrogens (tertiary/aromatic N) is 5. The number of amides is 1. The van der Waals surface area contributed by atoms with E-state index in [9.17, 15) is 4.79 Å². The molecule has 1 aliphatic heterocycles. The Bertz CT molecular complexity index is 628. The molecule has 128 valence electrons. The fourth-order valence-electron chi connectivity index (χ4n) is 3.25. The molecule has 0 radical (unpaired) electrons. The highest BCUT2D eigenvalue weighted by atomic mass is 16.2. The lowest BCUT2D eigenvalue weighted by molar-refractivity contribution is -0.134. The lowest BCUT2D eigenvalue weighted by atomic mass is 9.96. The highest BCUT2D eigenvalue weighted by Gasteiger charge is 2.28. The zero-order chi connectivity index (χ0) is 16.8. The van der Waals surface area contributed by atoms with E-state index in [1.165, 1.54) is 0 Å². The number of aryl methyl sites for hydroxylation is 1. The van der Waals surface area contributed by atoms with Crippen LogP contribution < -0.4 is 4.90 Å². The summed E-state index contributed by atoms with van der Waals surface area (Å²) in [7, 11) is 1.91. The van der Waals surface area contributed by atoms with Crippen LogP contribution in [0.1, 0.15) is 19.3 Å². The summed E-state index contributed by atoms with van der Waals surface area (Å²) < 4.78 is 1.90. The van der Waals surface area contributed by atoms with E-state index in [0.717, 1.165) is 51.3 Å². The maximum atomic E-state index is 12.7. The predicted molar refractivity (Wildman–Crippen MR) is 93.7 cm³/mol. The Kier molecular flexibility index (Phi) is 5.46. The monoisotopic (exact) mass is 327 g/mol. The van der Waals surface area contributed by atoms with E-state index in [1.54, 1.807) is 6.20 Å². The van der Waals surface area contributed by atoms with Crippen molar-refractivity contribution in [3.05, 3.63) is 42.9 Å². The number of carbonyl (C=O) groups is 1. The minimum absolute atomic E-state index is 0.0652. The van der Waals surface area contributed by atoms with Crippen LogP contribution in [-0.2, 0) is 11.3 Å². The fraction of sp³-hybridized carbons (Fsp3) is 0.500. The standard InChI is InChI=1S/C18H25N5O/c1-21(11-6-14-23-13-5-10-20-23)18(24)16-7-4-12-22(15-16)17-8-2-3-9-19-17/h2-3,5,8-10,13,16H,4,6-7,11-12,14-15H2,1H3/t16-/m1/s1. The Morgan fingerprint density at radius 3 is 3.00 bits per heavy atom. The van der Waals surface area contributed by atoms with E-state index in [4.69, 9.17) is 0 Å². The molecule has 1 fully saturated rings. The molecular formula is C18H25N5O. The second kappa shape index (κ2) is 7.95. The van der Waals surface area contributed by atoms with Gasteiger partial charge in [-0.25, -0.2) is 4.98 Å². The van der Waals surface area contributed by atoms with Gasteiger partial charge in [0.15, 0.2) is 0 Å². The van der Waals surface area contributed by atoms with Gasteiger partial charge in [0.05, 0.1) is 5.92 Å². The van der Waals surface area contributed by atoms with Crippen molar-refractivity contribution in [3.63, 3.8) is 0 Å². The van der Waals surface area contributed by atoms with Gasteiger partial charge in [0.25, 0.3) is 0 Å². The van der Waals surface area contributed by atoms with Crippen LogP contribution in [0, 0.1) is 5.92 Å². The summed E-state index contributed by atoms with van der Waals surface area (Å²) in [6.45, 7) is 3.34. The Morgan fingerprint density at radius 2 is 2.25 bits per heavy atom. The van der Waals surface area contributed by atoms with Crippen molar-refractivity contribution in [2.24, 2.45) is 5.92 Å². The second-order valence-electron chi connectivity index (χ2n) is 6.36. The molecule has 24 heavy (non-hydrogen) atoms. The fourth-order valence-corrected chi connectivity index (χ4v) is 3.25. The maximum Gasteiger partial charge on any atom is 0.227 e. The van der Waals surface area contributed by atoms with Crippen LogP contribution in [0.15, 0.2) is 42.9 Å². The van der Waals surface area contributed by atoms with Crippen LogP contribution in [0.25, 0.3) is 0 Å². The van der Waals surface area contributed by atoms with Gasteiger partial charge in [-0.15, -0.1) is 0 Å². The van der Waals surface area contributed by atoms with Crippen LogP contribution in [-0.4, -0.2) is 52.3 Å². The molecule has 0 aromatic carbocycles. The van der Waals surface area contributed by atoms with E-state index >= 15 is 0 Å². The molecule has 1 aliphatic rings. The van der Waals surface area contributed by atoms with Crippen LogP contribution in [0.5, 0.6) is 0 Å². The van der Waals surface area contributed by atoms with Gasteiger partial charge in [-0.2, -0.15) is 5.10 Å². The molecule has 1 amide bonds. The van der Waals surface area contributed by atoms with E-state index < -0.39 is 0 Å². The molecule has 6 heteroatoms. The zero-order valence-electron chi connectivity index (χ0n) is 14.2. The summed E-state index contributed by atoms with van der Waals surface area (Å²) in [4.78, 5) is 21.2. The number of piperidine rings is 1. The normalized spacial score (nSPS) is 17.7. The third kappa shape index (κ3) is 4.13. The molecule has 2 aromatic heterocycles. The third-order valence-electron chi connectivity index (χ3n) is 4.56. The summed E-state index contributed by atoms with van der Waals surface area (Å²) in [6, 6.07) is 7.85. The summed E-state index contributed by atoms with van der Waals surface area (Å²) in [5.74, 6) is 1.28. The Hall–Kier alpha value is -2.37. The molecule has 2 aromatic rings. The number of pyridine rings is 1. The van der Waals surface area contributed by atoms with Crippen molar-refractivity contribution in [1.82, 2.24) is 19.7 Å². The third-order valence-corrected chi connectivity index (χ3v) is 4.56. The Morgan fingerprint density at radius 1 is 1.33 bits per heavy atom. The van der Waals surface area contributed by atoms with Crippen molar-refractivity contribution in [3.8, 4) is 0 Å². The van der Waals surface area contributed by atoms with Crippen molar-refractivity contribution < 1.29 is 4.79 Å². The topological polar surface area (TPSA) is 54.3 Å². The van der Waals surface area contributed by atoms with Gasteiger partial charge >= 0.3 is 0 Å². The molecule has 3 heterocycles. The predicted octanol–water partition coefficient (Wildman–Crippen LogP) is 2.04. The van der Waals surface area contributed by atoms with Crippen LogP contribution in [0.2, 0.25) is 0 Å². The Balaban J connectivity index is 1.50. The average Bonchev–Trinajstić information content (AvgIpc) is 3.15. The maximum absolute atomic E-state index is 12.7. The van der Waals surface area contributed by atoms with Crippen molar-refractivity contribution in [1.29, 1.82) is 0 Å². The number of carbonyl (C=O) groups excluding carboxylic acids is 1. The minimum atomic E-state index is 0.0652. The average molecular weight is 327 g/mol. The van der Waals surface area contributed by atoms with Gasteiger partial charge in [-0.05, 0) is 37.5 Å². The zero-order valence-corrected chi connectivity index (χ0v) is 14.2. The molecule has 0 N–H and O–H groups in total. The molecule has 1 saturated heterocycles. The smallest absolute Gasteiger partial charge is 0.227 e. The van der Waals surface area contributed by atoms with E-state index in [-0.39, 0.29) is 11.8 Å². The first-order valence-corrected chi connectivity index (χ1v) is 8.62. The van der Waals surface area contributed by atoms with E-state index in [2.05, 4.69) is 15.0 Å². The molecule has 0 spiro atoms. The first kappa shape index (κ1) is 16.5. The largest absolute Gasteiger partial charge is 0.356 e. The van der Waals surface area contributed by atoms with Crippen molar-refractivity contribution >= 4 is 11.7 Å². The van der Waals surface area contributed by atoms with Gasteiger partial charge in [-0.3, -0.25) is 9.48 Å². The first-order valence-electron chi connectivity index (χ1n) is 8.62. The molecular weight excluding hydrogens is 302 g/mol. The Labute approximate surface area is 143 Å². The molecule has 6 nitrogen and oxygen atoms in total. The van der Waals surface area contributed by atoms with Crippen LogP contribution >= 0.6 is 0 Å². The van der Waals surface area contributed by atoms with Crippen molar-refractivity contribution in [2.45, 2.75) is 25.8 Å². The molecule has 3 rings (SSSR count). The van der Waals surface area contributed by atoms with Crippen molar-refractivity contribution in [2.75, 3.05) is 31.6 Å². The SMILES string of the molecule is CN(CCCn1cccn1)C(=O)[C@@H]1CCCN(c2ccccn2)C1. The molecule has 0 unspecified atom stereocenters. The number of hydrogen-bond acceptors (Lipinski definition) is 4. The lowest BCUT2D eigenvalue weighted by Gasteiger charge is -2.34. The number of rotatable bonds is 6. The number of aromatic nitrogens is 3. The number of anilines is 1. The van der Waals surface area contributed by atoms with E-state index in [0.29, 0.717) is 0 Å². The summed E-state index contributed by atoms with van der Waals surface area (Å²) in [5, 5.41) is 4.19. The van der Waals surface area contributed by atoms with E-state index in [1.807, 2.05) is 53.3 Å². The van der Waals surface area contributed by atoms with Gasteiger partial charge < -0.3 is 9.80 Å². The van der Waals surface area contributed by atoms with Gasteiger partial charge in [0.1, 0.15) is 5.82 Å². The number of hydrogen-bond donors (Lipinski definition) is 0. The van der Waals surface area contributed by atoms with Gasteiger partial charge in [0.2, 0.25) is 5.91 Å². The van der Waals surface area contributed by atoms with Crippen LogP contribution in [0.4, 0.5) is 5.82 Å². The lowest BCUT2D eigenvalue weighted by Crippen LogP contribution is -2.44. The quantitative estimate of drug-likeness (QED) is 0.815. The first-order chi connectivity index (χ1) is 11.7. The highest BCUT2D eigenvalue weighted by molar-refractivity contribution is 5.79. The summed E-state index contributed by atoms with van der Waals surface area (Å²) in [6.07, 6.45) is 8.46. The molecule has 0 saturated carbocycles. The molecule has 0 bridgehead atoms. The molecule has 0 aliphatic carbocycles. The minimum Gasteiger partial charge on any atom is -0.356 e. The van der Waals surface area contributed by atoms with Crippen LogP contribution in [0.3, 0.4) is 0 Å². The summed E-state index contributed by atoms with van der Waals surface area (Å²) in [5.41, 5.74) is 0. The molecule has 1 atom stereocenters. The summed E-state index contributed by atoms with van der Waals surface area (Å²) >= 11 is 0. The van der Waals surface area contributed by atoms with Gasteiger partial charge in [-0.1, -0.05) is 6.07 Å².